The van der Waals surface area contributed by atoms with Crippen LogP contribution in [0.2, 0.25) is 0 Å². The Kier molecular flexibility index (Phi) is 4.93. The number of aliphatic hydroxyl groups is 1. The molecular formula is C21H32N2O. The summed E-state index contributed by atoms with van der Waals surface area (Å²) in [5.41, 5.74) is 2.63. The Morgan fingerprint density at radius 2 is 1.79 bits per heavy atom. The smallest absolute Gasteiger partial charge is 0.0775 e. The van der Waals surface area contributed by atoms with Crippen molar-refractivity contribution in [3.63, 3.8) is 0 Å². The summed E-state index contributed by atoms with van der Waals surface area (Å²) in [5.74, 6) is 0.867. The van der Waals surface area contributed by atoms with E-state index in [9.17, 15) is 5.11 Å². The molecule has 2 unspecified atom stereocenters. The lowest BCUT2D eigenvalue weighted by Gasteiger charge is -2.43. The number of hydrogen-bond acceptors (Lipinski definition) is 3. The van der Waals surface area contributed by atoms with Gasteiger partial charge in [0.15, 0.2) is 0 Å². The zero-order chi connectivity index (χ0) is 16.5. The van der Waals surface area contributed by atoms with E-state index in [1.807, 2.05) is 0 Å². The minimum absolute atomic E-state index is 0.131. The van der Waals surface area contributed by atoms with E-state index in [0.717, 1.165) is 18.4 Å². The Bertz CT molecular complexity index is 553. The summed E-state index contributed by atoms with van der Waals surface area (Å²) in [5, 5.41) is 14.2. The monoisotopic (exact) mass is 328 g/mol. The van der Waals surface area contributed by atoms with E-state index in [4.69, 9.17) is 0 Å². The molecule has 2 N–H and O–H groups in total. The molecule has 2 aliphatic carbocycles. The lowest BCUT2D eigenvalue weighted by atomic mass is 9.84. The Hall–Kier alpha value is -0.900. The molecule has 4 atom stereocenters. The maximum absolute atomic E-state index is 10.5. The molecule has 2 fully saturated rings. The fourth-order valence-corrected chi connectivity index (χ4v) is 5.27. The Balaban J connectivity index is 1.34. The quantitative estimate of drug-likeness (QED) is 0.894. The highest BCUT2D eigenvalue weighted by Crippen LogP contribution is 2.33. The van der Waals surface area contributed by atoms with Crippen molar-refractivity contribution in [3.8, 4) is 0 Å². The molecule has 1 saturated carbocycles. The third-order valence-corrected chi connectivity index (χ3v) is 6.68. The lowest BCUT2D eigenvalue weighted by Crippen LogP contribution is -2.50. The van der Waals surface area contributed by atoms with E-state index >= 15 is 0 Å². The minimum atomic E-state index is -0.265. The number of piperidine rings is 1. The SMILES string of the molecule is CC1CCCCC1N1CCC(N[C@@H]2c3ccccc3C[C@@H]2O)CC1. The molecule has 1 aromatic rings. The summed E-state index contributed by atoms with van der Waals surface area (Å²) in [6.07, 6.45) is 8.61. The molecule has 1 aromatic carbocycles. The van der Waals surface area contributed by atoms with Gasteiger partial charge < -0.3 is 15.3 Å². The maximum Gasteiger partial charge on any atom is 0.0775 e. The molecule has 4 rings (SSSR count). The number of benzene rings is 1. The molecule has 132 valence electrons. The first-order valence-corrected chi connectivity index (χ1v) is 9.98. The molecule has 3 nitrogen and oxygen atoms in total. The first-order chi connectivity index (χ1) is 11.7. The highest BCUT2D eigenvalue weighted by molar-refractivity contribution is 5.36. The maximum atomic E-state index is 10.5. The van der Waals surface area contributed by atoms with E-state index in [1.165, 1.54) is 62.7 Å². The fourth-order valence-electron chi connectivity index (χ4n) is 5.27. The number of nitrogens with zero attached hydrogens (tertiary/aromatic N) is 1. The highest BCUT2D eigenvalue weighted by Gasteiger charge is 2.34. The summed E-state index contributed by atoms with van der Waals surface area (Å²) >= 11 is 0. The number of nitrogens with one attached hydrogen (secondary N) is 1. The second kappa shape index (κ2) is 7.15. The van der Waals surface area contributed by atoms with Crippen molar-refractivity contribution in [2.75, 3.05) is 13.1 Å². The molecular weight excluding hydrogens is 296 g/mol. The van der Waals surface area contributed by atoms with Gasteiger partial charge in [-0.2, -0.15) is 0 Å². The largest absolute Gasteiger partial charge is 0.391 e. The topological polar surface area (TPSA) is 35.5 Å². The summed E-state index contributed by atoms with van der Waals surface area (Å²) in [6, 6.07) is 10.0. The Morgan fingerprint density at radius 1 is 1.04 bits per heavy atom. The van der Waals surface area contributed by atoms with Crippen molar-refractivity contribution in [3.05, 3.63) is 35.4 Å². The Morgan fingerprint density at radius 3 is 2.58 bits per heavy atom. The van der Waals surface area contributed by atoms with Gasteiger partial charge in [-0.05, 0) is 55.8 Å². The van der Waals surface area contributed by atoms with Gasteiger partial charge in [-0.15, -0.1) is 0 Å². The third kappa shape index (κ3) is 3.26. The standard InChI is InChI=1S/C21H32N2O/c1-15-6-2-5-9-19(15)23-12-10-17(11-13-23)22-21-18-8-4-3-7-16(18)14-20(21)24/h3-4,7-8,15,17,19-22,24H,2,5-6,9-14H2,1H3/t15?,19?,20-,21+/m0/s1. The normalized spacial score (nSPS) is 35.1. The minimum Gasteiger partial charge on any atom is -0.391 e. The zero-order valence-corrected chi connectivity index (χ0v) is 15.0. The summed E-state index contributed by atoms with van der Waals surface area (Å²) in [7, 11) is 0. The van der Waals surface area contributed by atoms with Gasteiger partial charge in [0, 0.05) is 18.5 Å². The van der Waals surface area contributed by atoms with Gasteiger partial charge in [0.1, 0.15) is 0 Å². The lowest BCUT2D eigenvalue weighted by molar-refractivity contribution is 0.0714. The van der Waals surface area contributed by atoms with Crippen LogP contribution < -0.4 is 5.32 Å². The van der Waals surface area contributed by atoms with Crippen molar-refractivity contribution in [2.24, 2.45) is 5.92 Å². The van der Waals surface area contributed by atoms with Crippen LogP contribution >= 0.6 is 0 Å². The molecule has 0 aromatic heterocycles. The number of fused-ring (bicyclic) bond motifs is 1. The van der Waals surface area contributed by atoms with Crippen molar-refractivity contribution in [2.45, 2.75) is 76.1 Å². The fraction of sp³-hybridized carbons (Fsp3) is 0.714. The second-order valence-corrected chi connectivity index (χ2v) is 8.25. The van der Waals surface area contributed by atoms with E-state index in [0.29, 0.717) is 6.04 Å². The van der Waals surface area contributed by atoms with Gasteiger partial charge >= 0.3 is 0 Å². The van der Waals surface area contributed by atoms with Crippen LogP contribution in [0.4, 0.5) is 0 Å². The van der Waals surface area contributed by atoms with E-state index in [-0.39, 0.29) is 12.1 Å². The van der Waals surface area contributed by atoms with Crippen molar-refractivity contribution < 1.29 is 5.11 Å². The molecule has 1 heterocycles. The van der Waals surface area contributed by atoms with Crippen LogP contribution in [-0.2, 0) is 6.42 Å². The molecule has 1 saturated heterocycles. The molecule has 3 heteroatoms. The average Bonchev–Trinajstić information content (AvgIpc) is 2.92. The highest BCUT2D eigenvalue weighted by atomic mass is 16.3. The zero-order valence-electron chi connectivity index (χ0n) is 15.0. The molecule has 0 amide bonds. The van der Waals surface area contributed by atoms with Crippen molar-refractivity contribution >= 4 is 0 Å². The number of rotatable bonds is 3. The van der Waals surface area contributed by atoms with E-state index < -0.39 is 0 Å². The van der Waals surface area contributed by atoms with Gasteiger partial charge in [-0.25, -0.2) is 0 Å². The van der Waals surface area contributed by atoms with Gasteiger partial charge in [0.05, 0.1) is 12.1 Å². The van der Waals surface area contributed by atoms with Crippen molar-refractivity contribution in [1.82, 2.24) is 10.2 Å². The summed E-state index contributed by atoms with van der Waals surface area (Å²) in [6.45, 7) is 4.88. The average molecular weight is 329 g/mol. The first kappa shape index (κ1) is 16.6. The van der Waals surface area contributed by atoms with Crippen LogP contribution in [0.1, 0.15) is 62.6 Å². The molecule has 1 aliphatic heterocycles. The van der Waals surface area contributed by atoms with Crippen molar-refractivity contribution in [1.29, 1.82) is 0 Å². The van der Waals surface area contributed by atoms with Gasteiger partial charge in [-0.1, -0.05) is 44.0 Å². The number of hydrogen-bond donors (Lipinski definition) is 2. The molecule has 3 aliphatic rings. The predicted molar refractivity (Wildman–Crippen MR) is 98.0 cm³/mol. The van der Waals surface area contributed by atoms with Crippen LogP contribution in [0.25, 0.3) is 0 Å². The van der Waals surface area contributed by atoms with Crippen LogP contribution in [0.3, 0.4) is 0 Å². The van der Waals surface area contributed by atoms with Gasteiger partial charge in [-0.3, -0.25) is 0 Å². The van der Waals surface area contributed by atoms with E-state index in [1.54, 1.807) is 0 Å². The molecule has 0 spiro atoms. The number of likely N-dealkylation sites (tertiary alicyclic amines) is 1. The van der Waals surface area contributed by atoms with Crippen LogP contribution in [0.5, 0.6) is 0 Å². The van der Waals surface area contributed by atoms with E-state index in [2.05, 4.69) is 41.4 Å². The van der Waals surface area contributed by atoms with Crippen LogP contribution in [0.15, 0.2) is 24.3 Å². The summed E-state index contributed by atoms with van der Waals surface area (Å²) < 4.78 is 0. The van der Waals surface area contributed by atoms with Crippen LogP contribution in [-0.4, -0.2) is 41.3 Å². The van der Waals surface area contributed by atoms with Gasteiger partial charge in [0.2, 0.25) is 0 Å². The second-order valence-electron chi connectivity index (χ2n) is 8.25. The molecule has 0 bridgehead atoms. The first-order valence-electron chi connectivity index (χ1n) is 9.98. The number of aliphatic hydroxyl groups excluding tert-OH is 1. The summed E-state index contributed by atoms with van der Waals surface area (Å²) in [4.78, 5) is 2.75. The Labute approximate surface area is 146 Å². The predicted octanol–water partition coefficient (Wildman–Crippen LogP) is 3.28. The van der Waals surface area contributed by atoms with Crippen LogP contribution in [0, 0.1) is 5.92 Å². The third-order valence-electron chi connectivity index (χ3n) is 6.68. The molecule has 0 radical (unpaired) electrons. The molecule has 24 heavy (non-hydrogen) atoms. The van der Waals surface area contributed by atoms with Gasteiger partial charge in [0.25, 0.3) is 0 Å².